The van der Waals surface area contributed by atoms with Crippen LogP contribution >= 0.6 is 11.6 Å². The average Bonchev–Trinajstić information content (AvgIpc) is 2.95. The van der Waals surface area contributed by atoms with Crippen molar-refractivity contribution in [1.82, 2.24) is 0 Å². The third-order valence-electron chi connectivity index (χ3n) is 9.29. The predicted molar refractivity (Wildman–Crippen MR) is 107 cm³/mol. The number of hydrogen-bond donors (Lipinski definition) is 0. The summed E-state index contributed by atoms with van der Waals surface area (Å²) in [4.78, 5) is 36.6. The number of rotatable bonds is 2. The van der Waals surface area contributed by atoms with Gasteiger partial charge in [-0.1, -0.05) is 13.8 Å². The van der Waals surface area contributed by atoms with Crippen molar-refractivity contribution in [3.63, 3.8) is 0 Å². The Morgan fingerprint density at radius 3 is 2.36 bits per heavy atom. The summed E-state index contributed by atoms with van der Waals surface area (Å²) in [6.07, 6.45) is 6.06. The van der Waals surface area contributed by atoms with Crippen LogP contribution in [0.4, 0.5) is 0 Å². The van der Waals surface area contributed by atoms with Crippen molar-refractivity contribution >= 4 is 29.1 Å². The van der Waals surface area contributed by atoms with Crippen molar-refractivity contribution in [3.8, 4) is 0 Å². The van der Waals surface area contributed by atoms with Crippen molar-refractivity contribution in [2.45, 2.75) is 84.1 Å². The lowest BCUT2D eigenvalue weighted by Gasteiger charge is -2.62. The molecular formula is C23H33ClO4. The van der Waals surface area contributed by atoms with E-state index in [0.29, 0.717) is 30.0 Å². The molecule has 4 aliphatic rings. The highest BCUT2D eigenvalue weighted by Crippen LogP contribution is 2.67. The normalized spacial score (nSPS) is 50.3. The molecule has 0 N–H and O–H groups in total. The summed E-state index contributed by atoms with van der Waals surface area (Å²) < 4.78 is 5.81. The molecule has 28 heavy (non-hydrogen) atoms. The van der Waals surface area contributed by atoms with E-state index in [-0.39, 0.29) is 40.5 Å². The molecule has 4 saturated carbocycles. The molecule has 0 bridgehead atoms. The van der Waals surface area contributed by atoms with E-state index in [1.165, 1.54) is 6.92 Å². The van der Waals surface area contributed by atoms with Gasteiger partial charge in [0, 0.05) is 25.2 Å². The summed E-state index contributed by atoms with van der Waals surface area (Å²) in [6.45, 7) is 7.79. The highest BCUT2D eigenvalue weighted by molar-refractivity contribution is 6.31. The number of fused-ring (bicyclic) bond motifs is 5. The number of carbonyl (C=O) groups excluding carboxylic acids is 3. The molecule has 0 aromatic heterocycles. The second-order valence-electron chi connectivity index (χ2n) is 10.4. The fraction of sp³-hybridized carbons (Fsp3) is 0.870. The molecule has 0 aromatic rings. The van der Waals surface area contributed by atoms with Gasteiger partial charge in [-0.15, -0.1) is 11.6 Å². The Hall–Kier alpha value is -0.900. The number of esters is 1. The lowest BCUT2D eigenvalue weighted by atomic mass is 9.44. The van der Waals surface area contributed by atoms with Crippen LogP contribution in [0.15, 0.2) is 0 Å². The minimum Gasteiger partial charge on any atom is -0.462 e. The Morgan fingerprint density at radius 2 is 1.71 bits per heavy atom. The standard InChI is InChI=1S/C23H33ClO4/c1-12(25)15-5-6-16-14-11-19(28-13(2)26)20-21(24)18(27)8-10-23(20,4)17(14)7-9-22(15,16)3/h14-17,19-21H,5-11H2,1-4H3/t14-,15+,16-,17-,19?,20?,21?,22+,23+/m0/s1. The van der Waals surface area contributed by atoms with Crippen molar-refractivity contribution in [2.75, 3.05) is 0 Å². The first-order valence-corrected chi connectivity index (χ1v) is 11.4. The monoisotopic (exact) mass is 408 g/mol. The maximum Gasteiger partial charge on any atom is 0.302 e. The fourth-order valence-corrected chi connectivity index (χ4v) is 8.69. The van der Waals surface area contributed by atoms with Gasteiger partial charge < -0.3 is 4.74 Å². The molecule has 4 rings (SSSR count). The zero-order valence-corrected chi connectivity index (χ0v) is 18.3. The van der Waals surface area contributed by atoms with Crippen LogP contribution in [-0.2, 0) is 19.1 Å². The average molecular weight is 409 g/mol. The van der Waals surface area contributed by atoms with E-state index in [0.717, 1.165) is 38.5 Å². The molecule has 5 heteroatoms. The van der Waals surface area contributed by atoms with Gasteiger partial charge in [-0.2, -0.15) is 0 Å². The first-order chi connectivity index (χ1) is 13.1. The van der Waals surface area contributed by atoms with Crippen molar-refractivity contribution in [2.24, 2.45) is 40.4 Å². The van der Waals surface area contributed by atoms with Crippen molar-refractivity contribution in [1.29, 1.82) is 0 Å². The number of hydrogen-bond acceptors (Lipinski definition) is 4. The molecule has 0 aromatic carbocycles. The van der Waals surface area contributed by atoms with E-state index >= 15 is 0 Å². The summed E-state index contributed by atoms with van der Waals surface area (Å²) in [6, 6.07) is 0. The third-order valence-corrected chi connectivity index (χ3v) is 9.81. The molecule has 0 heterocycles. The molecule has 0 radical (unpaired) electrons. The summed E-state index contributed by atoms with van der Waals surface area (Å²) >= 11 is 6.66. The quantitative estimate of drug-likeness (QED) is 0.496. The molecule has 0 aliphatic heterocycles. The van der Waals surface area contributed by atoms with Crippen LogP contribution in [0.1, 0.15) is 72.6 Å². The van der Waals surface area contributed by atoms with Crippen LogP contribution < -0.4 is 0 Å². The van der Waals surface area contributed by atoms with Crippen LogP contribution in [0.25, 0.3) is 0 Å². The van der Waals surface area contributed by atoms with Gasteiger partial charge >= 0.3 is 5.97 Å². The fourth-order valence-electron chi connectivity index (χ4n) is 8.13. The molecule has 3 unspecified atom stereocenters. The minimum absolute atomic E-state index is 0.0574. The minimum atomic E-state index is -0.564. The van der Waals surface area contributed by atoms with Crippen LogP contribution in [0, 0.1) is 40.4 Å². The van der Waals surface area contributed by atoms with E-state index in [2.05, 4.69) is 13.8 Å². The van der Waals surface area contributed by atoms with Gasteiger partial charge in [0.1, 0.15) is 11.9 Å². The van der Waals surface area contributed by atoms with Gasteiger partial charge in [0.15, 0.2) is 5.78 Å². The van der Waals surface area contributed by atoms with Gasteiger partial charge in [0.2, 0.25) is 0 Å². The largest absolute Gasteiger partial charge is 0.462 e. The highest BCUT2D eigenvalue weighted by atomic mass is 35.5. The Labute approximate surface area is 173 Å². The molecule has 156 valence electrons. The number of Topliss-reactive ketones (excluding diaryl/α,β-unsaturated/α-hetero) is 2. The zero-order chi connectivity index (χ0) is 20.4. The van der Waals surface area contributed by atoms with Crippen molar-refractivity contribution in [3.05, 3.63) is 0 Å². The number of ketones is 2. The highest BCUT2D eigenvalue weighted by Gasteiger charge is 2.64. The van der Waals surface area contributed by atoms with E-state index in [1.54, 1.807) is 6.92 Å². The molecule has 4 nitrogen and oxygen atoms in total. The van der Waals surface area contributed by atoms with Gasteiger partial charge in [-0.25, -0.2) is 0 Å². The number of carbonyl (C=O) groups is 3. The van der Waals surface area contributed by atoms with E-state index in [1.807, 2.05) is 0 Å². The van der Waals surface area contributed by atoms with Gasteiger partial charge in [-0.05, 0) is 74.0 Å². The zero-order valence-electron chi connectivity index (χ0n) is 17.5. The van der Waals surface area contributed by atoms with E-state index < -0.39 is 5.38 Å². The molecule has 4 aliphatic carbocycles. The maximum atomic E-state index is 12.4. The lowest BCUT2D eigenvalue weighted by Crippen LogP contribution is -2.61. The SMILES string of the molecule is CC(=O)OC1C[C@H]2[C@@H]3CC[C@H](C(C)=O)[C@@]3(C)CC[C@@H]2[C@@]2(C)CCC(=O)C(Cl)C12. The molecular weight excluding hydrogens is 376 g/mol. The first kappa shape index (κ1) is 20.4. The molecule has 0 spiro atoms. The van der Waals surface area contributed by atoms with Crippen LogP contribution in [0.3, 0.4) is 0 Å². The van der Waals surface area contributed by atoms with Gasteiger partial charge in [0.05, 0.1) is 5.38 Å². The summed E-state index contributed by atoms with van der Waals surface area (Å²) in [5.74, 6) is 1.59. The van der Waals surface area contributed by atoms with Crippen LogP contribution in [0.5, 0.6) is 0 Å². The second kappa shape index (κ2) is 6.82. The molecule has 0 saturated heterocycles. The second-order valence-corrected chi connectivity index (χ2v) is 10.9. The summed E-state index contributed by atoms with van der Waals surface area (Å²) in [5.41, 5.74) is -0.0270. The Balaban J connectivity index is 1.72. The van der Waals surface area contributed by atoms with Gasteiger partial charge in [0.25, 0.3) is 0 Å². The predicted octanol–water partition coefficient (Wildman–Crippen LogP) is 4.56. The summed E-state index contributed by atoms with van der Waals surface area (Å²) in [5, 5.41) is -0.564. The van der Waals surface area contributed by atoms with Crippen LogP contribution in [-0.4, -0.2) is 29.0 Å². The number of ether oxygens (including phenoxy) is 1. The Bertz CT molecular complexity index is 705. The third kappa shape index (κ3) is 2.80. The van der Waals surface area contributed by atoms with Crippen molar-refractivity contribution < 1.29 is 19.1 Å². The smallest absolute Gasteiger partial charge is 0.302 e. The number of halogens is 1. The van der Waals surface area contributed by atoms with Gasteiger partial charge in [-0.3, -0.25) is 14.4 Å². The molecule has 0 amide bonds. The van der Waals surface area contributed by atoms with E-state index in [4.69, 9.17) is 16.3 Å². The molecule has 4 fully saturated rings. The Morgan fingerprint density at radius 1 is 1.04 bits per heavy atom. The lowest BCUT2D eigenvalue weighted by molar-refractivity contribution is -0.185. The van der Waals surface area contributed by atoms with Crippen LogP contribution in [0.2, 0.25) is 0 Å². The summed E-state index contributed by atoms with van der Waals surface area (Å²) in [7, 11) is 0. The Kier molecular flexibility index (Phi) is 4.96. The first-order valence-electron chi connectivity index (χ1n) is 10.9. The van der Waals surface area contributed by atoms with E-state index in [9.17, 15) is 14.4 Å². The number of alkyl halides is 1. The maximum absolute atomic E-state index is 12.4. The molecule has 9 atom stereocenters. The topological polar surface area (TPSA) is 60.4 Å².